The third-order valence-electron chi connectivity index (χ3n) is 3.57. The molecule has 4 N–H and O–H groups in total. The zero-order chi connectivity index (χ0) is 14.7. The van der Waals surface area contributed by atoms with E-state index in [0.717, 1.165) is 12.8 Å². The SMILES string of the molecule is COc1cc(N)ccc1C(=O)N1CCCC(C(N)=O)C1. The van der Waals surface area contributed by atoms with Crippen LogP contribution in [0.3, 0.4) is 0 Å². The Kier molecular flexibility index (Phi) is 4.12. The van der Waals surface area contributed by atoms with Crippen LogP contribution in [0.1, 0.15) is 23.2 Å². The standard InChI is InChI=1S/C14H19N3O3/c1-20-12-7-10(15)4-5-11(12)14(19)17-6-2-3-9(8-17)13(16)18/h4-5,7,9H,2-3,6,8,15H2,1H3,(H2,16,18). The predicted octanol–water partition coefficient (Wildman–Crippen LogP) is 0.615. The van der Waals surface area contributed by atoms with Crippen LogP contribution in [0.2, 0.25) is 0 Å². The Labute approximate surface area is 117 Å². The third kappa shape index (κ3) is 2.84. The van der Waals surface area contributed by atoms with E-state index < -0.39 is 0 Å². The molecule has 1 heterocycles. The van der Waals surface area contributed by atoms with E-state index in [9.17, 15) is 9.59 Å². The molecule has 6 nitrogen and oxygen atoms in total. The normalized spacial score (nSPS) is 18.6. The minimum Gasteiger partial charge on any atom is -0.496 e. The molecule has 0 aromatic heterocycles. The first-order valence-corrected chi connectivity index (χ1v) is 6.55. The van der Waals surface area contributed by atoms with Crippen molar-refractivity contribution in [3.05, 3.63) is 23.8 Å². The lowest BCUT2D eigenvalue weighted by Gasteiger charge is -2.31. The maximum absolute atomic E-state index is 12.5. The van der Waals surface area contributed by atoms with Gasteiger partial charge in [-0.05, 0) is 25.0 Å². The number of carbonyl (C=O) groups excluding carboxylic acids is 2. The van der Waals surface area contributed by atoms with Gasteiger partial charge in [-0.1, -0.05) is 0 Å². The fraction of sp³-hybridized carbons (Fsp3) is 0.429. The first-order chi connectivity index (χ1) is 9.52. The Morgan fingerprint density at radius 3 is 2.80 bits per heavy atom. The molecule has 1 aliphatic heterocycles. The predicted molar refractivity (Wildman–Crippen MR) is 75.2 cm³/mol. The van der Waals surface area contributed by atoms with Crippen LogP contribution in [0, 0.1) is 5.92 Å². The number of primary amides is 1. The van der Waals surface area contributed by atoms with E-state index in [-0.39, 0.29) is 17.7 Å². The molecule has 0 spiro atoms. The molecule has 0 bridgehead atoms. The minimum absolute atomic E-state index is 0.159. The number of nitrogens with zero attached hydrogens (tertiary/aromatic N) is 1. The second kappa shape index (κ2) is 5.81. The van der Waals surface area contributed by atoms with Crippen LogP contribution in [0.5, 0.6) is 5.75 Å². The fourth-order valence-corrected chi connectivity index (χ4v) is 2.45. The first-order valence-electron chi connectivity index (χ1n) is 6.55. The van der Waals surface area contributed by atoms with Crippen molar-refractivity contribution in [1.82, 2.24) is 4.90 Å². The summed E-state index contributed by atoms with van der Waals surface area (Å²) >= 11 is 0. The number of likely N-dealkylation sites (tertiary alicyclic amines) is 1. The second-order valence-electron chi connectivity index (χ2n) is 4.95. The molecule has 6 heteroatoms. The highest BCUT2D eigenvalue weighted by Gasteiger charge is 2.28. The molecule has 1 aromatic carbocycles. The van der Waals surface area contributed by atoms with Gasteiger partial charge in [0.1, 0.15) is 5.75 Å². The van der Waals surface area contributed by atoms with Crippen molar-refractivity contribution in [3.63, 3.8) is 0 Å². The van der Waals surface area contributed by atoms with Crippen LogP contribution in [-0.2, 0) is 4.79 Å². The van der Waals surface area contributed by atoms with E-state index in [2.05, 4.69) is 0 Å². The van der Waals surface area contributed by atoms with Crippen molar-refractivity contribution in [2.45, 2.75) is 12.8 Å². The largest absolute Gasteiger partial charge is 0.496 e. The summed E-state index contributed by atoms with van der Waals surface area (Å²) in [5.41, 5.74) is 12.0. The Bertz CT molecular complexity index is 530. The lowest BCUT2D eigenvalue weighted by atomic mass is 9.97. The first kappa shape index (κ1) is 14.2. The van der Waals surface area contributed by atoms with E-state index in [1.54, 1.807) is 23.1 Å². The van der Waals surface area contributed by atoms with Gasteiger partial charge in [-0.15, -0.1) is 0 Å². The molecule has 0 aliphatic carbocycles. The fourth-order valence-electron chi connectivity index (χ4n) is 2.45. The maximum atomic E-state index is 12.5. The molecule has 0 radical (unpaired) electrons. The summed E-state index contributed by atoms with van der Waals surface area (Å²) in [6.07, 6.45) is 1.51. The Morgan fingerprint density at radius 2 is 2.15 bits per heavy atom. The van der Waals surface area contributed by atoms with Crippen molar-refractivity contribution in [2.24, 2.45) is 11.7 Å². The number of hydrogen-bond acceptors (Lipinski definition) is 4. The van der Waals surface area contributed by atoms with Crippen LogP contribution in [-0.4, -0.2) is 36.9 Å². The van der Waals surface area contributed by atoms with E-state index in [4.69, 9.17) is 16.2 Å². The minimum atomic E-state index is -0.355. The van der Waals surface area contributed by atoms with Crippen molar-refractivity contribution in [3.8, 4) is 5.75 Å². The van der Waals surface area contributed by atoms with Crippen LogP contribution in [0.25, 0.3) is 0 Å². The number of rotatable bonds is 3. The highest BCUT2D eigenvalue weighted by molar-refractivity contribution is 5.97. The summed E-state index contributed by atoms with van der Waals surface area (Å²) in [6.45, 7) is 0.984. The summed E-state index contributed by atoms with van der Waals surface area (Å²) in [7, 11) is 1.49. The molecule has 20 heavy (non-hydrogen) atoms. The Balaban J connectivity index is 2.20. The number of ether oxygens (including phenoxy) is 1. The van der Waals surface area contributed by atoms with Crippen molar-refractivity contribution in [2.75, 3.05) is 25.9 Å². The van der Waals surface area contributed by atoms with Gasteiger partial charge in [-0.2, -0.15) is 0 Å². The van der Waals surface area contributed by atoms with Crippen LogP contribution >= 0.6 is 0 Å². The zero-order valence-electron chi connectivity index (χ0n) is 11.5. The number of piperidine rings is 1. The highest BCUT2D eigenvalue weighted by atomic mass is 16.5. The molecule has 1 aliphatic rings. The molecule has 1 atom stereocenters. The Morgan fingerprint density at radius 1 is 1.40 bits per heavy atom. The number of nitrogens with two attached hydrogens (primary N) is 2. The molecule has 0 saturated carbocycles. The van der Waals surface area contributed by atoms with Gasteiger partial charge in [0.2, 0.25) is 5.91 Å². The monoisotopic (exact) mass is 277 g/mol. The van der Waals surface area contributed by atoms with Gasteiger partial charge < -0.3 is 21.1 Å². The van der Waals surface area contributed by atoms with Gasteiger partial charge in [-0.25, -0.2) is 0 Å². The lowest BCUT2D eigenvalue weighted by Crippen LogP contribution is -2.44. The number of hydrogen-bond donors (Lipinski definition) is 2. The maximum Gasteiger partial charge on any atom is 0.257 e. The molecule has 1 aromatic rings. The second-order valence-corrected chi connectivity index (χ2v) is 4.95. The number of nitrogen functional groups attached to an aromatic ring is 1. The van der Waals surface area contributed by atoms with Crippen LogP contribution in [0.15, 0.2) is 18.2 Å². The molecule has 1 fully saturated rings. The number of amides is 2. The molecule has 2 rings (SSSR count). The highest BCUT2D eigenvalue weighted by Crippen LogP contribution is 2.25. The molecule has 2 amide bonds. The zero-order valence-corrected chi connectivity index (χ0v) is 11.5. The molecule has 1 unspecified atom stereocenters. The summed E-state index contributed by atoms with van der Waals surface area (Å²) < 4.78 is 5.19. The van der Waals surface area contributed by atoms with Crippen LogP contribution in [0.4, 0.5) is 5.69 Å². The lowest BCUT2D eigenvalue weighted by molar-refractivity contribution is -0.123. The average Bonchev–Trinajstić information content (AvgIpc) is 2.46. The van der Waals surface area contributed by atoms with Gasteiger partial charge >= 0.3 is 0 Å². The summed E-state index contributed by atoms with van der Waals surface area (Å²) in [6, 6.07) is 4.92. The number of methoxy groups -OCH3 is 1. The molecular formula is C14H19N3O3. The number of anilines is 1. The van der Waals surface area contributed by atoms with Gasteiger partial charge in [0.05, 0.1) is 18.6 Å². The van der Waals surface area contributed by atoms with Gasteiger partial charge in [-0.3, -0.25) is 9.59 Å². The van der Waals surface area contributed by atoms with E-state index in [0.29, 0.717) is 30.1 Å². The topological polar surface area (TPSA) is 98.7 Å². The van der Waals surface area contributed by atoms with E-state index >= 15 is 0 Å². The number of carbonyl (C=O) groups is 2. The van der Waals surface area contributed by atoms with E-state index in [1.807, 2.05) is 0 Å². The van der Waals surface area contributed by atoms with Gasteiger partial charge in [0, 0.05) is 24.8 Å². The molecule has 1 saturated heterocycles. The van der Waals surface area contributed by atoms with Crippen molar-refractivity contribution < 1.29 is 14.3 Å². The van der Waals surface area contributed by atoms with Crippen LogP contribution < -0.4 is 16.2 Å². The third-order valence-corrected chi connectivity index (χ3v) is 3.57. The summed E-state index contributed by atoms with van der Waals surface area (Å²) in [4.78, 5) is 25.4. The van der Waals surface area contributed by atoms with Crippen molar-refractivity contribution >= 4 is 17.5 Å². The average molecular weight is 277 g/mol. The molecule has 108 valence electrons. The summed E-state index contributed by atoms with van der Waals surface area (Å²) in [5.74, 6) is -0.344. The smallest absolute Gasteiger partial charge is 0.257 e. The molecular weight excluding hydrogens is 258 g/mol. The number of benzene rings is 1. The van der Waals surface area contributed by atoms with Crippen molar-refractivity contribution in [1.29, 1.82) is 0 Å². The Hall–Kier alpha value is -2.24. The van der Waals surface area contributed by atoms with Gasteiger partial charge in [0.25, 0.3) is 5.91 Å². The summed E-state index contributed by atoms with van der Waals surface area (Å²) in [5, 5.41) is 0. The quantitative estimate of drug-likeness (QED) is 0.791. The van der Waals surface area contributed by atoms with E-state index in [1.165, 1.54) is 7.11 Å². The van der Waals surface area contributed by atoms with Gasteiger partial charge in [0.15, 0.2) is 0 Å².